The van der Waals surface area contributed by atoms with E-state index in [9.17, 15) is 0 Å². The van der Waals surface area contributed by atoms with E-state index in [1.807, 2.05) is 36.4 Å². The Labute approximate surface area is 311 Å². The summed E-state index contributed by atoms with van der Waals surface area (Å²) in [4.78, 5) is 15.1. The minimum absolute atomic E-state index is 0.0676. The normalized spacial score (nSPS) is 23.5. The van der Waals surface area contributed by atoms with Gasteiger partial charge in [-0.3, -0.25) is 0 Å². The summed E-state index contributed by atoms with van der Waals surface area (Å²) in [5.74, 6) is 5.21. The Kier molecular flexibility index (Phi) is 7.12. The smallest absolute Gasteiger partial charge is 0.164 e. The van der Waals surface area contributed by atoms with Crippen molar-refractivity contribution in [3.8, 4) is 67.5 Å². The van der Waals surface area contributed by atoms with Crippen LogP contribution in [0.1, 0.15) is 49.7 Å². The van der Waals surface area contributed by atoms with Gasteiger partial charge < -0.3 is 0 Å². The summed E-state index contributed by atoms with van der Waals surface area (Å²) >= 11 is 0. The van der Waals surface area contributed by atoms with Gasteiger partial charge in [0.15, 0.2) is 17.5 Å². The van der Waals surface area contributed by atoms with Gasteiger partial charge in [-0.15, -0.1) is 0 Å². The molecule has 0 amide bonds. The predicted molar refractivity (Wildman–Crippen MR) is 215 cm³/mol. The van der Waals surface area contributed by atoms with Gasteiger partial charge in [0, 0.05) is 22.1 Å². The lowest BCUT2D eigenvalue weighted by atomic mass is 9.50. The molecule has 256 valence electrons. The Morgan fingerprint density at radius 2 is 0.830 bits per heavy atom. The van der Waals surface area contributed by atoms with Crippen LogP contribution in [0.2, 0.25) is 0 Å². The monoisotopic (exact) mass is 683 g/mol. The summed E-state index contributed by atoms with van der Waals surface area (Å²) in [5, 5.41) is 0. The summed E-state index contributed by atoms with van der Waals surface area (Å²) in [6.07, 6.45) is 8.30. The quantitative estimate of drug-likeness (QED) is 0.181. The molecule has 12 rings (SSSR count). The van der Waals surface area contributed by atoms with Crippen LogP contribution in [-0.2, 0) is 5.41 Å². The SMILES string of the molecule is c1ccc(-c2ccc3c(c2)C2(c4cc(-c5cccc(-c6nc(-c7ccccc7)nc(-c7ccccc7)n6)c5)ccc4-3)C3CCC4CC(C3)CC2C4)cc1. The van der Waals surface area contributed by atoms with Crippen LogP contribution in [-0.4, -0.2) is 15.0 Å². The van der Waals surface area contributed by atoms with E-state index < -0.39 is 0 Å². The standard InChI is InChI=1S/C50H41N3/c1-4-11-34(12-5-1)38-20-23-43-44-24-21-39(31-46(44)50(45(43)30-38)41-22-19-32-25-33(27-41)28-42(50)26-32)37-17-10-18-40(29-37)49-52-47(35-13-6-2-7-14-35)51-48(53-49)36-15-8-3-9-16-36/h1-18,20-21,23-24,29-33,41-42H,19,22,25-28H2. The highest BCUT2D eigenvalue weighted by Crippen LogP contribution is 2.68. The summed E-state index contributed by atoms with van der Waals surface area (Å²) in [7, 11) is 0. The van der Waals surface area contributed by atoms with Gasteiger partial charge in [-0.2, -0.15) is 0 Å². The maximum atomic E-state index is 5.06. The van der Waals surface area contributed by atoms with Crippen LogP contribution in [0.15, 0.2) is 152 Å². The van der Waals surface area contributed by atoms with Gasteiger partial charge in [0.25, 0.3) is 0 Å². The van der Waals surface area contributed by atoms with Gasteiger partial charge in [-0.1, -0.05) is 140 Å². The number of hydrogen-bond acceptors (Lipinski definition) is 3. The van der Waals surface area contributed by atoms with E-state index in [2.05, 4.69) is 115 Å². The molecule has 3 nitrogen and oxygen atoms in total. The fraction of sp³-hybridized carbons (Fsp3) is 0.220. The predicted octanol–water partition coefficient (Wildman–Crippen LogP) is 12.3. The molecule has 7 aromatic rings. The van der Waals surface area contributed by atoms with Crippen molar-refractivity contribution in [2.24, 2.45) is 23.7 Å². The second-order valence-corrected chi connectivity index (χ2v) is 16.0. The first-order chi connectivity index (χ1) is 26.2. The van der Waals surface area contributed by atoms with E-state index in [1.54, 1.807) is 11.1 Å². The van der Waals surface area contributed by atoms with Crippen molar-refractivity contribution in [2.45, 2.75) is 43.9 Å². The Balaban J connectivity index is 1.05. The van der Waals surface area contributed by atoms with Crippen LogP contribution in [0.3, 0.4) is 0 Å². The topological polar surface area (TPSA) is 38.7 Å². The average molecular weight is 684 g/mol. The minimum atomic E-state index is 0.0676. The molecule has 5 atom stereocenters. The van der Waals surface area contributed by atoms with E-state index in [4.69, 9.17) is 15.0 Å². The van der Waals surface area contributed by atoms with E-state index in [0.29, 0.717) is 29.3 Å². The zero-order chi connectivity index (χ0) is 34.9. The summed E-state index contributed by atoms with van der Waals surface area (Å²) in [6.45, 7) is 0. The van der Waals surface area contributed by atoms with Crippen molar-refractivity contribution < 1.29 is 0 Å². The molecule has 0 radical (unpaired) electrons. The lowest BCUT2D eigenvalue weighted by Gasteiger charge is -2.53. The third-order valence-electron chi connectivity index (χ3n) is 13.2. The van der Waals surface area contributed by atoms with Crippen molar-refractivity contribution in [3.05, 3.63) is 163 Å². The second-order valence-electron chi connectivity index (χ2n) is 16.0. The maximum Gasteiger partial charge on any atom is 0.164 e. The second kappa shape index (κ2) is 12.2. The van der Waals surface area contributed by atoms with Crippen molar-refractivity contribution in [2.75, 3.05) is 0 Å². The summed E-state index contributed by atoms with van der Waals surface area (Å²) in [5.41, 5.74) is 14.2. The minimum Gasteiger partial charge on any atom is -0.208 e. The van der Waals surface area contributed by atoms with Crippen molar-refractivity contribution in [1.82, 2.24) is 15.0 Å². The highest BCUT2D eigenvalue weighted by atomic mass is 15.0. The Morgan fingerprint density at radius 3 is 1.45 bits per heavy atom. The zero-order valence-corrected chi connectivity index (χ0v) is 29.8. The fourth-order valence-corrected chi connectivity index (χ4v) is 11.1. The lowest BCUT2D eigenvalue weighted by Crippen LogP contribution is -2.48. The first-order valence-corrected chi connectivity index (χ1v) is 19.5. The van der Waals surface area contributed by atoms with Crippen LogP contribution in [0, 0.1) is 23.7 Å². The van der Waals surface area contributed by atoms with Gasteiger partial charge in [0.1, 0.15) is 0 Å². The van der Waals surface area contributed by atoms with E-state index >= 15 is 0 Å². The number of nitrogens with zero attached hydrogens (tertiary/aromatic N) is 3. The number of benzene rings is 6. The van der Waals surface area contributed by atoms with E-state index in [1.165, 1.54) is 71.9 Å². The van der Waals surface area contributed by atoms with E-state index in [0.717, 1.165) is 28.5 Å². The van der Waals surface area contributed by atoms with Crippen LogP contribution in [0.4, 0.5) is 0 Å². The molecule has 3 heteroatoms. The summed E-state index contributed by atoms with van der Waals surface area (Å²) < 4.78 is 0. The van der Waals surface area contributed by atoms with Gasteiger partial charge in [-0.25, -0.2) is 15.0 Å². The van der Waals surface area contributed by atoms with Gasteiger partial charge >= 0.3 is 0 Å². The van der Waals surface area contributed by atoms with Gasteiger partial charge in [0.05, 0.1) is 0 Å². The number of rotatable bonds is 5. The lowest BCUT2D eigenvalue weighted by molar-refractivity contribution is 0.0618. The molecule has 5 aliphatic carbocycles. The Hall–Kier alpha value is -5.67. The fourth-order valence-electron chi connectivity index (χ4n) is 11.1. The number of hydrogen-bond donors (Lipinski definition) is 0. The number of fused-ring (bicyclic) bond motifs is 4. The third kappa shape index (κ3) is 4.97. The van der Waals surface area contributed by atoms with E-state index in [-0.39, 0.29) is 5.41 Å². The molecule has 0 N–H and O–H groups in total. The Bertz CT molecular complexity index is 2420. The molecule has 0 saturated heterocycles. The molecule has 53 heavy (non-hydrogen) atoms. The Morgan fingerprint density at radius 1 is 0.358 bits per heavy atom. The van der Waals surface area contributed by atoms with Crippen molar-refractivity contribution in [1.29, 1.82) is 0 Å². The van der Waals surface area contributed by atoms with Crippen LogP contribution in [0.25, 0.3) is 67.5 Å². The molecule has 6 aromatic carbocycles. The van der Waals surface area contributed by atoms with Gasteiger partial charge in [0.2, 0.25) is 0 Å². The van der Waals surface area contributed by atoms with Crippen molar-refractivity contribution >= 4 is 0 Å². The molecular formula is C50H41N3. The average Bonchev–Trinajstić information content (AvgIpc) is 3.35. The van der Waals surface area contributed by atoms with Crippen LogP contribution in [0.5, 0.6) is 0 Å². The maximum absolute atomic E-state index is 5.06. The first kappa shape index (κ1) is 30.9. The molecule has 4 bridgehead atoms. The number of aromatic nitrogens is 3. The molecule has 1 spiro atoms. The van der Waals surface area contributed by atoms with Gasteiger partial charge in [-0.05, 0) is 118 Å². The molecule has 1 aromatic heterocycles. The highest BCUT2D eigenvalue weighted by Gasteiger charge is 2.59. The molecular weight excluding hydrogens is 643 g/mol. The zero-order valence-electron chi connectivity index (χ0n) is 29.8. The summed E-state index contributed by atoms with van der Waals surface area (Å²) in [6, 6.07) is 55.1. The third-order valence-corrected chi connectivity index (χ3v) is 13.2. The molecule has 5 aliphatic rings. The largest absolute Gasteiger partial charge is 0.208 e. The first-order valence-electron chi connectivity index (χ1n) is 19.5. The van der Waals surface area contributed by atoms with Crippen molar-refractivity contribution in [3.63, 3.8) is 0 Å². The van der Waals surface area contributed by atoms with Crippen LogP contribution < -0.4 is 0 Å². The molecule has 4 fully saturated rings. The highest BCUT2D eigenvalue weighted by molar-refractivity contribution is 5.87. The van der Waals surface area contributed by atoms with Crippen LogP contribution >= 0.6 is 0 Å². The molecule has 1 heterocycles. The molecule has 5 unspecified atom stereocenters. The molecule has 0 aliphatic heterocycles. The molecule has 4 saturated carbocycles.